The zero-order valence-electron chi connectivity index (χ0n) is 64.1. The Morgan fingerprint density at radius 3 is 0.694 bits per heavy atom. The summed E-state index contributed by atoms with van der Waals surface area (Å²) in [5.41, 5.74) is 0. The molecule has 19 heteroatoms. The van der Waals surface area contributed by atoms with Gasteiger partial charge in [-0.15, -0.1) is 0 Å². The zero-order valence-corrected chi connectivity index (χ0v) is 65.9. The van der Waals surface area contributed by atoms with Crippen LogP contribution in [0.2, 0.25) is 0 Å². The molecule has 17 nitrogen and oxygen atoms in total. The lowest BCUT2D eigenvalue weighted by Gasteiger charge is -2.21. The third-order valence-corrected chi connectivity index (χ3v) is 20.4. The molecule has 2 unspecified atom stereocenters. The second kappa shape index (κ2) is 70.7. The molecule has 0 aromatic rings. The standard InChI is InChI=1S/C79H154O17P2/c1-7-9-11-13-15-17-19-21-22-23-24-25-27-33-39-46-52-58-64-79(84)95-74(67-89-76(81)61-55-49-43-37-31-29-28-30-35-41-47-53-59-71(3)4)69-93-97(85,86)91-65-73(80)66-92-98(87,88)94-70-75(68-90-77(82)62-56-50-44-40-34-36-42-48-54-60-72(5)6)96-78(83)63-57-51-45-38-32-26-20-18-16-14-12-10-8-2/h71-75,80H,7-70H2,1-6H3,(H,85,86)(H,87,88)/t73-,74-,75-/m1/s1. The highest BCUT2D eigenvalue weighted by atomic mass is 31.2. The van der Waals surface area contributed by atoms with Gasteiger partial charge in [-0.1, -0.05) is 363 Å². The monoisotopic (exact) mass is 1440 g/mol. The molecule has 0 aliphatic carbocycles. The molecule has 5 atom stereocenters. The van der Waals surface area contributed by atoms with Crippen molar-refractivity contribution in [3.05, 3.63) is 0 Å². The van der Waals surface area contributed by atoms with Gasteiger partial charge < -0.3 is 33.8 Å². The average molecular weight is 1440 g/mol. The topological polar surface area (TPSA) is 237 Å². The molecule has 0 radical (unpaired) electrons. The lowest BCUT2D eigenvalue weighted by atomic mass is 10.0. The van der Waals surface area contributed by atoms with Crippen LogP contribution in [0, 0.1) is 11.8 Å². The summed E-state index contributed by atoms with van der Waals surface area (Å²) < 4.78 is 68.7. The molecule has 0 saturated heterocycles. The summed E-state index contributed by atoms with van der Waals surface area (Å²) in [5.74, 6) is -0.583. The molecule has 0 spiro atoms. The predicted molar refractivity (Wildman–Crippen MR) is 400 cm³/mol. The Bertz CT molecular complexity index is 1890. The number of hydrogen-bond donors (Lipinski definition) is 3. The van der Waals surface area contributed by atoms with Crippen LogP contribution in [0.1, 0.15) is 414 Å². The number of carbonyl (C=O) groups excluding carboxylic acids is 4. The number of aliphatic hydroxyl groups is 1. The SMILES string of the molecule is CCCCCCCCCCCCCCCCCCCCC(=O)O[C@H](COC(=O)CCCCCCCCCCCCCCC(C)C)COP(=O)(O)OC[C@@H](O)COP(=O)(O)OC[C@@H](COC(=O)CCCCCCCCCCCC(C)C)OC(=O)CCCCCCCCCCCCCCC. The first-order valence-corrected chi connectivity index (χ1v) is 44.0. The van der Waals surface area contributed by atoms with Crippen LogP contribution in [-0.2, 0) is 65.4 Å². The quantitative estimate of drug-likeness (QED) is 0.0222. The molecule has 0 aromatic carbocycles. The number of hydrogen-bond acceptors (Lipinski definition) is 15. The van der Waals surface area contributed by atoms with Crippen molar-refractivity contribution >= 4 is 39.5 Å². The highest BCUT2D eigenvalue weighted by Gasteiger charge is 2.30. The van der Waals surface area contributed by atoms with Crippen molar-refractivity contribution in [1.82, 2.24) is 0 Å². The van der Waals surface area contributed by atoms with E-state index in [1.807, 2.05) is 0 Å². The average Bonchev–Trinajstić information content (AvgIpc) is 1.03. The molecule has 0 fully saturated rings. The Hall–Kier alpha value is -1.94. The van der Waals surface area contributed by atoms with Crippen molar-refractivity contribution < 1.29 is 80.2 Å². The molecule has 582 valence electrons. The van der Waals surface area contributed by atoms with E-state index in [0.717, 1.165) is 102 Å². The minimum atomic E-state index is -4.96. The van der Waals surface area contributed by atoms with Gasteiger partial charge in [-0.05, 0) is 37.5 Å². The minimum absolute atomic E-state index is 0.107. The normalized spacial score (nSPS) is 13.9. The fourth-order valence-electron chi connectivity index (χ4n) is 12.2. The number of phosphoric ester groups is 2. The van der Waals surface area contributed by atoms with Gasteiger partial charge in [0.05, 0.1) is 26.4 Å². The van der Waals surface area contributed by atoms with Gasteiger partial charge in [-0.3, -0.25) is 37.3 Å². The van der Waals surface area contributed by atoms with Crippen molar-refractivity contribution in [2.75, 3.05) is 39.6 Å². The Morgan fingerprint density at radius 2 is 0.469 bits per heavy atom. The van der Waals surface area contributed by atoms with Gasteiger partial charge in [0.2, 0.25) is 0 Å². The van der Waals surface area contributed by atoms with Crippen molar-refractivity contribution in [2.24, 2.45) is 11.8 Å². The maximum atomic E-state index is 13.1. The molecule has 0 rings (SSSR count). The van der Waals surface area contributed by atoms with Crippen LogP contribution in [-0.4, -0.2) is 96.7 Å². The van der Waals surface area contributed by atoms with Crippen LogP contribution in [0.5, 0.6) is 0 Å². The van der Waals surface area contributed by atoms with Gasteiger partial charge in [0.1, 0.15) is 19.3 Å². The van der Waals surface area contributed by atoms with Gasteiger partial charge in [-0.25, -0.2) is 9.13 Å². The summed E-state index contributed by atoms with van der Waals surface area (Å²) in [5, 5.41) is 10.6. The van der Waals surface area contributed by atoms with Crippen LogP contribution in [0.4, 0.5) is 0 Å². The van der Waals surface area contributed by atoms with Crippen LogP contribution in [0.3, 0.4) is 0 Å². The third kappa shape index (κ3) is 72.4. The van der Waals surface area contributed by atoms with E-state index in [-0.39, 0.29) is 25.7 Å². The summed E-state index contributed by atoms with van der Waals surface area (Å²) in [6, 6.07) is 0. The first-order valence-electron chi connectivity index (χ1n) is 41.0. The second-order valence-corrected chi connectivity index (χ2v) is 32.3. The molecule has 0 amide bonds. The van der Waals surface area contributed by atoms with Crippen LogP contribution in [0.15, 0.2) is 0 Å². The fourth-order valence-corrected chi connectivity index (χ4v) is 13.8. The molecule has 98 heavy (non-hydrogen) atoms. The molecular formula is C79H154O17P2. The number of carbonyl (C=O) groups is 4. The number of rotatable bonds is 78. The lowest BCUT2D eigenvalue weighted by molar-refractivity contribution is -0.161. The number of esters is 4. The van der Waals surface area contributed by atoms with Crippen molar-refractivity contribution in [2.45, 2.75) is 432 Å². The maximum absolute atomic E-state index is 13.1. The highest BCUT2D eigenvalue weighted by Crippen LogP contribution is 2.45. The van der Waals surface area contributed by atoms with Crippen molar-refractivity contribution in [1.29, 1.82) is 0 Å². The molecule has 0 heterocycles. The Kier molecular flexibility index (Phi) is 69.3. The molecule has 0 saturated carbocycles. The summed E-state index contributed by atoms with van der Waals surface area (Å²) in [6.07, 6.45) is 59.5. The van der Waals surface area contributed by atoms with E-state index >= 15 is 0 Å². The molecule has 0 aliphatic rings. The molecule has 0 bridgehead atoms. The number of unbranched alkanes of at least 4 members (excludes halogenated alkanes) is 48. The van der Waals surface area contributed by atoms with Gasteiger partial charge in [-0.2, -0.15) is 0 Å². The van der Waals surface area contributed by atoms with Gasteiger partial charge in [0.15, 0.2) is 12.2 Å². The Morgan fingerprint density at radius 1 is 0.276 bits per heavy atom. The van der Waals surface area contributed by atoms with Crippen LogP contribution < -0.4 is 0 Å². The number of aliphatic hydroxyl groups excluding tert-OH is 1. The fraction of sp³-hybridized carbons (Fsp3) is 0.949. The minimum Gasteiger partial charge on any atom is -0.462 e. The summed E-state index contributed by atoms with van der Waals surface area (Å²) >= 11 is 0. The van der Waals surface area contributed by atoms with E-state index < -0.39 is 97.5 Å². The predicted octanol–water partition coefficient (Wildman–Crippen LogP) is 23.5. The molecule has 3 N–H and O–H groups in total. The smallest absolute Gasteiger partial charge is 0.462 e. The summed E-state index contributed by atoms with van der Waals surface area (Å²) in [7, 11) is -9.92. The Balaban J connectivity index is 5.26. The van der Waals surface area contributed by atoms with E-state index in [2.05, 4.69) is 41.5 Å². The largest absolute Gasteiger partial charge is 0.472 e. The van der Waals surface area contributed by atoms with Crippen molar-refractivity contribution in [3.8, 4) is 0 Å². The molecule has 0 aromatic heterocycles. The Labute approximate surface area is 600 Å². The van der Waals surface area contributed by atoms with Gasteiger partial charge in [0.25, 0.3) is 0 Å². The molecular weight excluding hydrogens is 1280 g/mol. The van der Waals surface area contributed by atoms with E-state index in [0.29, 0.717) is 25.7 Å². The second-order valence-electron chi connectivity index (χ2n) is 29.4. The maximum Gasteiger partial charge on any atom is 0.472 e. The summed E-state index contributed by atoms with van der Waals surface area (Å²) in [6.45, 7) is 9.62. The third-order valence-electron chi connectivity index (χ3n) is 18.5. The van der Waals surface area contributed by atoms with E-state index in [1.54, 1.807) is 0 Å². The lowest BCUT2D eigenvalue weighted by Crippen LogP contribution is -2.30. The van der Waals surface area contributed by atoms with Crippen LogP contribution >= 0.6 is 15.6 Å². The van der Waals surface area contributed by atoms with E-state index in [9.17, 15) is 43.2 Å². The number of phosphoric acid groups is 2. The van der Waals surface area contributed by atoms with Gasteiger partial charge in [0, 0.05) is 25.7 Å². The summed E-state index contributed by atoms with van der Waals surface area (Å²) in [4.78, 5) is 73.0. The van der Waals surface area contributed by atoms with Crippen molar-refractivity contribution in [3.63, 3.8) is 0 Å². The first-order chi connectivity index (χ1) is 47.4. The van der Waals surface area contributed by atoms with Crippen LogP contribution in [0.25, 0.3) is 0 Å². The first kappa shape index (κ1) is 96.1. The highest BCUT2D eigenvalue weighted by molar-refractivity contribution is 7.47. The van der Waals surface area contributed by atoms with E-state index in [1.165, 1.54) is 231 Å². The zero-order chi connectivity index (χ0) is 72.1. The van der Waals surface area contributed by atoms with E-state index in [4.69, 9.17) is 37.0 Å². The number of ether oxygens (including phenoxy) is 4. The van der Waals surface area contributed by atoms with Gasteiger partial charge >= 0.3 is 39.5 Å². The molecule has 0 aliphatic heterocycles.